The topological polar surface area (TPSA) is 85.4 Å². The van der Waals surface area contributed by atoms with E-state index >= 15 is 0 Å². The third-order valence-electron chi connectivity index (χ3n) is 4.22. The molecule has 1 fully saturated rings. The number of amides is 2. The minimum atomic E-state index is -0.956. The van der Waals surface area contributed by atoms with Crippen LogP contribution in [0.25, 0.3) is 10.9 Å². The zero-order valence-corrected chi connectivity index (χ0v) is 10.6. The average molecular weight is 271 g/mol. The summed E-state index contributed by atoms with van der Waals surface area (Å²) in [6.45, 7) is 0.447. The van der Waals surface area contributed by atoms with Crippen molar-refractivity contribution in [1.82, 2.24) is 15.2 Å². The molecule has 102 valence electrons. The molecule has 2 amide bonds. The molecule has 20 heavy (non-hydrogen) atoms. The van der Waals surface area contributed by atoms with Gasteiger partial charge >= 0.3 is 12.0 Å². The van der Waals surface area contributed by atoms with Crippen LogP contribution < -0.4 is 5.32 Å². The fraction of sp³-hybridized carbons (Fsp3) is 0.286. The third-order valence-corrected chi connectivity index (χ3v) is 4.22. The highest BCUT2D eigenvalue weighted by molar-refractivity contribution is 5.90. The number of hydrogen-bond donors (Lipinski definition) is 3. The number of aromatic nitrogens is 1. The number of hydrogen-bond acceptors (Lipinski definition) is 2. The lowest BCUT2D eigenvalue weighted by Crippen LogP contribution is -2.48. The minimum Gasteiger partial charge on any atom is -0.480 e. The first-order valence-corrected chi connectivity index (χ1v) is 6.55. The molecular formula is C14H13N3O3. The summed E-state index contributed by atoms with van der Waals surface area (Å²) >= 11 is 0. The van der Waals surface area contributed by atoms with Crippen LogP contribution in [0.5, 0.6) is 0 Å². The quantitative estimate of drug-likeness (QED) is 0.729. The molecular weight excluding hydrogens is 258 g/mol. The van der Waals surface area contributed by atoms with E-state index < -0.39 is 12.0 Å². The molecule has 6 heteroatoms. The van der Waals surface area contributed by atoms with Crippen molar-refractivity contribution in [3.05, 3.63) is 35.5 Å². The van der Waals surface area contributed by atoms with Crippen molar-refractivity contribution in [3.8, 4) is 0 Å². The Bertz CT molecular complexity index is 736. The van der Waals surface area contributed by atoms with E-state index in [-0.39, 0.29) is 12.1 Å². The Morgan fingerprint density at radius 1 is 1.35 bits per heavy atom. The fourth-order valence-corrected chi connectivity index (χ4v) is 3.34. The van der Waals surface area contributed by atoms with Crippen LogP contribution in [0.15, 0.2) is 24.3 Å². The summed E-state index contributed by atoms with van der Waals surface area (Å²) in [6, 6.07) is 6.52. The van der Waals surface area contributed by atoms with Crippen molar-refractivity contribution in [2.24, 2.45) is 0 Å². The molecule has 1 aromatic heterocycles. The molecule has 2 aliphatic heterocycles. The first-order chi connectivity index (χ1) is 9.66. The Morgan fingerprint density at radius 2 is 2.15 bits per heavy atom. The monoisotopic (exact) mass is 271 g/mol. The van der Waals surface area contributed by atoms with Gasteiger partial charge in [0.1, 0.15) is 6.04 Å². The van der Waals surface area contributed by atoms with Crippen molar-refractivity contribution < 1.29 is 14.7 Å². The van der Waals surface area contributed by atoms with Crippen LogP contribution in [0, 0.1) is 0 Å². The number of carboxylic acid groups (broad SMARTS) is 1. The predicted molar refractivity (Wildman–Crippen MR) is 71.4 cm³/mol. The number of carbonyl (C=O) groups is 2. The zero-order chi connectivity index (χ0) is 13.9. The van der Waals surface area contributed by atoms with Crippen LogP contribution in [0.3, 0.4) is 0 Å². The molecule has 2 aliphatic rings. The summed E-state index contributed by atoms with van der Waals surface area (Å²) in [5.41, 5.74) is 2.97. The Labute approximate surface area is 114 Å². The Balaban J connectivity index is 1.94. The van der Waals surface area contributed by atoms with E-state index in [1.807, 2.05) is 24.3 Å². The zero-order valence-electron chi connectivity index (χ0n) is 10.6. The van der Waals surface area contributed by atoms with Gasteiger partial charge in [-0.3, -0.25) is 0 Å². The van der Waals surface area contributed by atoms with E-state index in [0.29, 0.717) is 13.0 Å². The Morgan fingerprint density at radius 3 is 2.95 bits per heavy atom. The van der Waals surface area contributed by atoms with E-state index in [9.17, 15) is 14.7 Å². The third kappa shape index (κ3) is 1.33. The van der Waals surface area contributed by atoms with Crippen molar-refractivity contribution in [1.29, 1.82) is 0 Å². The number of benzene rings is 1. The standard InChI is InChI=1S/C14H13N3O3/c18-13(19)10-5-8-7-3-1-2-4-9(7)16-12(8)11-6-15-14(20)17(10)11/h1-4,10-11,16H,5-6H2,(H,15,20)(H,18,19)/t10-,11?/m0/s1. The second-order valence-corrected chi connectivity index (χ2v) is 5.23. The van der Waals surface area contributed by atoms with Gasteiger partial charge in [-0.2, -0.15) is 0 Å². The number of carboxylic acids is 1. The lowest BCUT2D eigenvalue weighted by Gasteiger charge is -2.33. The molecule has 0 aliphatic carbocycles. The van der Waals surface area contributed by atoms with Crippen LogP contribution in [0.2, 0.25) is 0 Å². The first kappa shape index (κ1) is 11.3. The van der Waals surface area contributed by atoms with Gasteiger partial charge in [-0.1, -0.05) is 18.2 Å². The molecule has 2 atom stereocenters. The van der Waals surface area contributed by atoms with Crippen molar-refractivity contribution in [2.75, 3.05) is 6.54 Å². The number of H-pyrrole nitrogens is 1. The summed E-state index contributed by atoms with van der Waals surface area (Å²) < 4.78 is 0. The second-order valence-electron chi connectivity index (χ2n) is 5.23. The number of nitrogens with zero attached hydrogens (tertiary/aromatic N) is 1. The number of nitrogens with one attached hydrogen (secondary N) is 2. The smallest absolute Gasteiger partial charge is 0.326 e. The summed E-state index contributed by atoms with van der Waals surface area (Å²) in [6.07, 6.45) is 0.346. The van der Waals surface area contributed by atoms with Gasteiger partial charge in [0, 0.05) is 29.6 Å². The maximum atomic E-state index is 11.9. The largest absolute Gasteiger partial charge is 0.480 e. The molecule has 1 aromatic carbocycles. The minimum absolute atomic E-state index is 0.222. The molecule has 4 rings (SSSR count). The van der Waals surface area contributed by atoms with Gasteiger partial charge < -0.3 is 20.3 Å². The van der Waals surface area contributed by atoms with Crippen molar-refractivity contribution in [2.45, 2.75) is 18.5 Å². The van der Waals surface area contributed by atoms with Crippen LogP contribution in [-0.2, 0) is 11.2 Å². The molecule has 3 heterocycles. The van der Waals surface area contributed by atoms with E-state index in [1.165, 1.54) is 4.90 Å². The van der Waals surface area contributed by atoms with Crippen LogP contribution in [-0.4, -0.2) is 39.6 Å². The number of fused-ring (bicyclic) bond motifs is 5. The number of aliphatic carboxylic acids is 1. The van der Waals surface area contributed by atoms with E-state index in [0.717, 1.165) is 22.2 Å². The SMILES string of the molecule is O=C(O)[C@@H]1Cc2c([nH]c3ccccc23)C2CNC(=O)N21. The summed E-state index contributed by atoms with van der Waals surface area (Å²) in [5, 5.41) is 13.2. The van der Waals surface area contributed by atoms with Gasteiger partial charge in [0.15, 0.2) is 0 Å². The molecule has 0 radical (unpaired) electrons. The highest BCUT2D eigenvalue weighted by Crippen LogP contribution is 2.38. The van der Waals surface area contributed by atoms with Gasteiger partial charge in [0.2, 0.25) is 0 Å². The molecule has 3 N–H and O–H groups in total. The molecule has 0 bridgehead atoms. The fourth-order valence-electron chi connectivity index (χ4n) is 3.34. The maximum Gasteiger partial charge on any atom is 0.326 e. The van der Waals surface area contributed by atoms with Gasteiger partial charge in [-0.05, 0) is 11.6 Å². The molecule has 2 aromatic rings. The number of para-hydroxylation sites is 1. The molecule has 1 saturated heterocycles. The summed E-state index contributed by atoms with van der Waals surface area (Å²) in [7, 11) is 0. The van der Waals surface area contributed by atoms with Crippen molar-refractivity contribution in [3.63, 3.8) is 0 Å². The maximum absolute atomic E-state index is 11.9. The number of aromatic amines is 1. The lowest BCUT2D eigenvalue weighted by atomic mass is 9.93. The number of carbonyl (C=O) groups excluding carboxylic acids is 1. The van der Waals surface area contributed by atoms with E-state index in [4.69, 9.17) is 0 Å². The molecule has 1 unspecified atom stereocenters. The summed E-state index contributed by atoms with van der Waals surface area (Å²) in [5.74, 6) is -0.956. The van der Waals surface area contributed by atoms with E-state index in [2.05, 4.69) is 10.3 Å². The predicted octanol–water partition coefficient (Wildman–Crippen LogP) is 1.24. The van der Waals surface area contributed by atoms with E-state index in [1.54, 1.807) is 0 Å². The normalized spacial score (nSPS) is 24.4. The van der Waals surface area contributed by atoms with Gasteiger partial charge in [0.25, 0.3) is 0 Å². The molecule has 0 saturated carbocycles. The van der Waals surface area contributed by atoms with Gasteiger partial charge in [0.05, 0.1) is 6.04 Å². The highest BCUT2D eigenvalue weighted by Gasteiger charge is 2.46. The lowest BCUT2D eigenvalue weighted by molar-refractivity contribution is -0.142. The second kappa shape index (κ2) is 3.75. The Hall–Kier alpha value is -2.50. The number of rotatable bonds is 1. The Kier molecular flexibility index (Phi) is 2.13. The van der Waals surface area contributed by atoms with Crippen LogP contribution >= 0.6 is 0 Å². The summed E-state index contributed by atoms with van der Waals surface area (Å²) in [4.78, 5) is 28.1. The molecule has 0 spiro atoms. The highest BCUT2D eigenvalue weighted by atomic mass is 16.4. The molecule has 6 nitrogen and oxygen atoms in total. The van der Waals surface area contributed by atoms with Crippen molar-refractivity contribution >= 4 is 22.9 Å². The van der Waals surface area contributed by atoms with Gasteiger partial charge in [-0.25, -0.2) is 9.59 Å². The van der Waals surface area contributed by atoms with Crippen LogP contribution in [0.1, 0.15) is 17.3 Å². The van der Waals surface area contributed by atoms with Crippen LogP contribution in [0.4, 0.5) is 4.79 Å². The first-order valence-electron chi connectivity index (χ1n) is 6.55. The average Bonchev–Trinajstić information content (AvgIpc) is 2.99. The number of urea groups is 1. The van der Waals surface area contributed by atoms with Gasteiger partial charge in [-0.15, -0.1) is 0 Å².